The van der Waals surface area contributed by atoms with Gasteiger partial charge in [0.05, 0.1) is 4.90 Å². The van der Waals surface area contributed by atoms with Crippen LogP contribution in [0.1, 0.15) is 26.7 Å². The maximum absolute atomic E-state index is 12.7. The van der Waals surface area contributed by atoms with E-state index in [9.17, 15) is 8.42 Å². The summed E-state index contributed by atoms with van der Waals surface area (Å²) in [7, 11) is -1.83. The quantitative estimate of drug-likeness (QED) is 0.754. The van der Waals surface area contributed by atoms with E-state index in [0.29, 0.717) is 5.82 Å². The molecule has 21 heavy (non-hydrogen) atoms. The Bertz CT molecular complexity index is 535. The highest BCUT2D eigenvalue weighted by molar-refractivity contribution is 7.98. The van der Waals surface area contributed by atoms with Crippen molar-refractivity contribution in [1.29, 1.82) is 0 Å². The van der Waals surface area contributed by atoms with Gasteiger partial charge < -0.3 is 5.32 Å². The molecule has 1 rings (SSSR count). The van der Waals surface area contributed by atoms with E-state index in [1.165, 1.54) is 10.5 Å². The highest BCUT2D eigenvalue weighted by Crippen LogP contribution is 2.21. The van der Waals surface area contributed by atoms with Crippen LogP contribution in [0.5, 0.6) is 0 Å². The Kier molecular flexibility index (Phi) is 7.48. The number of anilines is 1. The van der Waals surface area contributed by atoms with E-state index in [1.54, 1.807) is 30.9 Å². The summed E-state index contributed by atoms with van der Waals surface area (Å²) < 4.78 is 26.9. The zero-order chi connectivity index (χ0) is 15.9. The lowest BCUT2D eigenvalue weighted by Gasteiger charge is -2.26. The molecule has 0 bridgehead atoms. The Hall–Kier alpha value is -0.790. The van der Waals surface area contributed by atoms with Crippen LogP contribution in [-0.4, -0.2) is 49.3 Å². The first kappa shape index (κ1) is 18.3. The van der Waals surface area contributed by atoms with Gasteiger partial charge in [-0.05, 0) is 25.2 Å². The number of hydrogen-bond acceptors (Lipinski definition) is 5. The van der Waals surface area contributed by atoms with Crippen molar-refractivity contribution < 1.29 is 8.42 Å². The molecule has 0 fully saturated rings. The third-order valence-electron chi connectivity index (χ3n) is 3.31. The standard InChI is InChI=1S/C14H25N3O2S2/c1-5-8-15-14-10-13(7-9-16-14)21(18,19)17(3)12(6-2)11-20-4/h7,9-10,12H,5-6,8,11H2,1-4H3,(H,15,16). The van der Waals surface area contributed by atoms with Crippen molar-refractivity contribution in [1.82, 2.24) is 9.29 Å². The number of hydrogen-bond donors (Lipinski definition) is 1. The predicted molar refractivity (Wildman–Crippen MR) is 90.4 cm³/mol. The molecule has 0 saturated carbocycles. The first-order valence-electron chi connectivity index (χ1n) is 7.14. The van der Waals surface area contributed by atoms with Crippen molar-refractivity contribution in [3.8, 4) is 0 Å². The van der Waals surface area contributed by atoms with Gasteiger partial charge in [0.2, 0.25) is 10.0 Å². The van der Waals surface area contributed by atoms with E-state index >= 15 is 0 Å². The van der Waals surface area contributed by atoms with Crippen LogP contribution in [0.25, 0.3) is 0 Å². The summed E-state index contributed by atoms with van der Waals surface area (Å²) in [5.74, 6) is 1.39. The minimum absolute atomic E-state index is 0.00483. The first-order chi connectivity index (χ1) is 9.97. The molecule has 0 aromatic carbocycles. The average Bonchev–Trinajstić information content (AvgIpc) is 2.50. The van der Waals surface area contributed by atoms with E-state index in [0.717, 1.165) is 25.1 Å². The Morgan fingerprint density at radius 2 is 2.14 bits per heavy atom. The van der Waals surface area contributed by atoms with Crippen molar-refractivity contribution in [2.45, 2.75) is 37.6 Å². The lowest BCUT2D eigenvalue weighted by atomic mass is 10.3. The largest absolute Gasteiger partial charge is 0.370 e. The van der Waals surface area contributed by atoms with Gasteiger partial charge in [0.15, 0.2) is 0 Å². The summed E-state index contributed by atoms with van der Waals surface area (Å²) in [5.41, 5.74) is 0. The van der Waals surface area contributed by atoms with Gasteiger partial charge >= 0.3 is 0 Å². The molecule has 7 heteroatoms. The maximum Gasteiger partial charge on any atom is 0.243 e. The van der Waals surface area contributed by atoms with Crippen LogP contribution in [0.2, 0.25) is 0 Å². The average molecular weight is 332 g/mol. The molecule has 120 valence electrons. The minimum atomic E-state index is -3.48. The SMILES string of the molecule is CCCNc1cc(S(=O)(=O)N(C)C(CC)CSC)ccn1. The monoisotopic (exact) mass is 331 g/mol. The molecule has 5 nitrogen and oxygen atoms in total. The van der Waals surface area contributed by atoms with Crippen LogP contribution in [0.4, 0.5) is 5.82 Å². The van der Waals surface area contributed by atoms with E-state index < -0.39 is 10.0 Å². The summed E-state index contributed by atoms with van der Waals surface area (Å²) in [5, 5.41) is 3.12. The number of sulfonamides is 1. The number of aromatic nitrogens is 1. The Morgan fingerprint density at radius 1 is 1.43 bits per heavy atom. The number of thioether (sulfide) groups is 1. The number of nitrogens with one attached hydrogen (secondary N) is 1. The molecule has 1 N–H and O–H groups in total. The van der Waals surface area contributed by atoms with Crippen LogP contribution in [0, 0.1) is 0 Å². The fourth-order valence-electron chi connectivity index (χ4n) is 1.96. The minimum Gasteiger partial charge on any atom is -0.370 e. The van der Waals surface area contributed by atoms with Gasteiger partial charge in [0, 0.05) is 37.7 Å². The molecular formula is C14H25N3O2S2. The molecule has 0 aliphatic heterocycles. The zero-order valence-corrected chi connectivity index (χ0v) is 14.8. The zero-order valence-electron chi connectivity index (χ0n) is 13.2. The van der Waals surface area contributed by atoms with Gasteiger partial charge in [-0.1, -0.05) is 13.8 Å². The third kappa shape index (κ3) is 4.86. The molecule has 0 aliphatic rings. The van der Waals surface area contributed by atoms with Gasteiger partial charge in [0.1, 0.15) is 5.82 Å². The summed E-state index contributed by atoms with van der Waals surface area (Å²) in [6, 6.07) is 3.16. The molecular weight excluding hydrogens is 306 g/mol. The van der Waals surface area contributed by atoms with E-state index in [-0.39, 0.29) is 10.9 Å². The molecule has 0 radical (unpaired) electrons. The predicted octanol–water partition coefficient (Wildman–Crippen LogP) is 2.67. The van der Waals surface area contributed by atoms with E-state index in [1.807, 2.05) is 13.2 Å². The van der Waals surface area contributed by atoms with Gasteiger partial charge in [0.25, 0.3) is 0 Å². The van der Waals surface area contributed by atoms with Gasteiger partial charge in [-0.3, -0.25) is 0 Å². The molecule has 1 aromatic rings. The molecule has 0 aliphatic carbocycles. The molecule has 1 heterocycles. The van der Waals surface area contributed by atoms with Crippen molar-refractivity contribution in [3.05, 3.63) is 18.3 Å². The number of rotatable bonds is 9. The van der Waals surface area contributed by atoms with Crippen molar-refractivity contribution in [2.75, 3.05) is 30.9 Å². The van der Waals surface area contributed by atoms with Gasteiger partial charge in [-0.15, -0.1) is 0 Å². The lowest BCUT2D eigenvalue weighted by molar-refractivity contribution is 0.385. The second-order valence-electron chi connectivity index (χ2n) is 4.84. The highest BCUT2D eigenvalue weighted by atomic mass is 32.2. The number of nitrogens with zero attached hydrogens (tertiary/aromatic N) is 2. The van der Waals surface area contributed by atoms with Crippen LogP contribution in [0.15, 0.2) is 23.2 Å². The summed E-state index contributed by atoms with van der Waals surface area (Å²) in [6.07, 6.45) is 5.28. The van der Waals surface area contributed by atoms with Gasteiger partial charge in [-0.25, -0.2) is 13.4 Å². The molecule has 0 amide bonds. The van der Waals surface area contributed by atoms with E-state index in [4.69, 9.17) is 0 Å². The fourth-order valence-corrected chi connectivity index (χ4v) is 4.34. The molecule has 1 atom stereocenters. The lowest BCUT2D eigenvalue weighted by Crippen LogP contribution is -2.38. The third-order valence-corrected chi connectivity index (χ3v) is 5.93. The van der Waals surface area contributed by atoms with Crippen molar-refractivity contribution in [2.24, 2.45) is 0 Å². The Labute approximate surface area is 132 Å². The van der Waals surface area contributed by atoms with Crippen LogP contribution in [-0.2, 0) is 10.0 Å². The smallest absolute Gasteiger partial charge is 0.243 e. The molecule has 0 spiro atoms. The molecule has 1 aromatic heterocycles. The summed E-state index contributed by atoms with van der Waals surface area (Å²) in [6.45, 7) is 4.83. The van der Waals surface area contributed by atoms with Crippen molar-refractivity contribution in [3.63, 3.8) is 0 Å². The van der Waals surface area contributed by atoms with Crippen LogP contribution >= 0.6 is 11.8 Å². The number of pyridine rings is 1. The first-order valence-corrected chi connectivity index (χ1v) is 9.97. The topological polar surface area (TPSA) is 62.3 Å². The Morgan fingerprint density at radius 3 is 2.71 bits per heavy atom. The Balaban J connectivity index is 3.00. The summed E-state index contributed by atoms with van der Waals surface area (Å²) in [4.78, 5) is 4.44. The maximum atomic E-state index is 12.7. The molecule has 1 unspecified atom stereocenters. The van der Waals surface area contributed by atoms with Gasteiger partial charge in [-0.2, -0.15) is 16.1 Å². The fraction of sp³-hybridized carbons (Fsp3) is 0.643. The van der Waals surface area contributed by atoms with E-state index in [2.05, 4.69) is 17.2 Å². The van der Waals surface area contributed by atoms with Crippen molar-refractivity contribution >= 4 is 27.6 Å². The van der Waals surface area contributed by atoms with Crippen LogP contribution in [0.3, 0.4) is 0 Å². The normalized spacial score (nSPS) is 13.4. The second kappa shape index (κ2) is 8.60. The summed E-state index contributed by atoms with van der Waals surface area (Å²) >= 11 is 1.66. The molecule has 0 saturated heterocycles. The highest BCUT2D eigenvalue weighted by Gasteiger charge is 2.27. The second-order valence-corrected chi connectivity index (χ2v) is 7.75. The van der Waals surface area contributed by atoms with Crippen LogP contribution < -0.4 is 5.32 Å².